The van der Waals surface area contributed by atoms with E-state index in [1.54, 1.807) is 21.7 Å². The van der Waals surface area contributed by atoms with Crippen LogP contribution in [-0.4, -0.2) is 100 Å². The third kappa shape index (κ3) is 9.44. The molecule has 0 radical (unpaired) electrons. The number of aliphatic imine (C=N–C) groups is 1. The van der Waals surface area contributed by atoms with Gasteiger partial charge in [0.1, 0.15) is 29.3 Å². The molecule has 4 amide bonds. The second-order valence-electron chi connectivity index (χ2n) is 14.5. The normalized spacial score (nSPS) is 19.2. The van der Waals surface area contributed by atoms with Gasteiger partial charge < -0.3 is 31.5 Å². The van der Waals surface area contributed by atoms with Crippen LogP contribution in [0.25, 0.3) is 0 Å². The van der Waals surface area contributed by atoms with Crippen molar-refractivity contribution in [2.75, 3.05) is 38.5 Å². The maximum Gasteiger partial charge on any atom is 0.270 e. The molecule has 3 aliphatic rings. The lowest BCUT2D eigenvalue weighted by Gasteiger charge is -2.37. The first-order valence-corrected chi connectivity index (χ1v) is 18.7. The van der Waals surface area contributed by atoms with Crippen LogP contribution in [0.15, 0.2) is 47.7 Å². The fraction of sp³-hybridized carbons (Fsp3) is 0.579. The number of hydrogen-bond acceptors (Lipinski definition) is 8. The summed E-state index contributed by atoms with van der Waals surface area (Å²) in [6.45, 7) is 9.05. The van der Waals surface area contributed by atoms with Crippen LogP contribution in [0.1, 0.15) is 88.2 Å². The van der Waals surface area contributed by atoms with Gasteiger partial charge in [-0.25, -0.2) is 4.39 Å². The van der Waals surface area contributed by atoms with Gasteiger partial charge in [0.15, 0.2) is 0 Å². The minimum atomic E-state index is -0.958. The van der Waals surface area contributed by atoms with Gasteiger partial charge in [0.2, 0.25) is 11.8 Å². The largest absolute Gasteiger partial charge is 0.405 e. The van der Waals surface area contributed by atoms with E-state index in [0.29, 0.717) is 75.6 Å². The smallest absolute Gasteiger partial charge is 0.270 e. The maximum atomic E-state index is 16.0. The number of likely N-dealkylation sites (N-methyl/N-ethyl adjacent to an activating group) is 1. The van der Waals surface area contributed by atoms with Crippen molar-refractivity contribution in [3.8, 4) is 0 Å². The number of carbonyl (C=O) groups excluding carboxylic acids is 4. The molecule has 0 bridgehead atoms. The van der Waals surface area contributed by atoms with Gasteiger partial charge in [-0.3, -0.25) is 28.9 Å². The number of nitrogens with zero attached hydrogens (tertiary/aromatic N) is 5. The molecular weight excluding hydrogens is 665 g/mol. The Morgan fingerprint density at radius 1 is 1.08 bits per heavy atom. The van der Waals surface area contributed by atoms with E-state index in [4.69, 9.17) is 5.73 Å². The number of rotatable bonds is 17. The van der Waals surface area contributed by atoms with Crippen molar-refractivity contribution in [1.29, 1.82) is 0 Å². The summed E-state index contributed by atoms with van der Waals surface area (Å²) in [7, 11) is 2.00. The Balaban J connectivity index is 1.36. The van der Waals surface area contributed by atoms with E-state index in [2.05, 4.69) is 44.8 Å². The first kappa shape index (κ1) is 38.6. The lowest BCUT2D eigenvalue weighted by atomic mass is 9.86. The molecular formula is C38H54FN9O4. The number of aromatic nitrogens is 2. The Labute approximate surface area is 305 Å². The Bertz CT molecular complexity index is 1660. The summed E-state index contributed by atoms with van der Waals surface area (Å²) in [5.41, 5.74) is 5.81. The number of amides is 4. The van der Waals surface area contributed by atoms with Crippen molar-refractivity contribution < 1.29 is 23.6 Å². The molecule has 1 aliphatic heterocycles. The van der Waals surface area contributed by atoms with Crippen molar-refractivity contribution in [3.63, 3.8) is 0 Å². The highest BCUT2D eigenvalue weighted by molar-refractivity contribution is 6.43. The lowest BCUT2D eigenvalue weighted by molar-refractivity contribution is -0.137. The predicted molar refractivity (Wildman–Crippen MR) is 198 cm³/mol. The van der Waals surface area contributed by atoms with E-state index >= 15 is 4.39 Å². The van der Waals surface area contributed by atoms with Crippen molar-refractivity contribution in [3.05, 3.63) is 59.8 Å². The number of piperazine rings is 1. The van der Waals surface area contributed by atoms with Crippen LogP contribution in [0.2, 0.25) is 0 Å². The molecule has 1 saturated heterocycles. The third-order valence-electron chi connectivity index (χ3n) is 10.6. The molecule has 13 nitrogen and oxygen atoms in total. The molecule has 3 fully saturated rings. The standard InChI is InChI=1S/C38H54FN9O4/c1-5-25(3)8-7-9-30(44-36(51)32-15-19-41-48(32)6-2)34(49)43-29-13-10-26(24-28(29)39)38(16-17-38)33(37(52)47-22-20-46(4)21-23-47)45-35(50)31(14-18-40)42-27-11-12-27/h10,13-15,18-19,24-25,27,30,33H,5-9,11-12,16-17,20-23,40H2,1-4H3,(H,43,49)(H,44,51)(H,45,50)/b18-14-,42-31?. The number of benzene rings is 1. The molecule has 2 heterocycles. The first-order valence-electron chi connectivity index (χ1n) is 18.7. The summed E-state index contributed by atoms with van der Waals surface area (Å²) < 4.78 is 17.5. The number of anilines is 1. The van der Waals surface area contributed by atoms with Crippen molar-refractivity contribution in [2.24, 2.45) is 16.6 Å². The van der Waals surface area contributed by atoms with Gasteiger partial charge in [0.25, 0.3) is 11.8 Å². The molecule has 2 saturated carbocycles. The quantitative estimate of drug-likeness (QED) is 0.182. The minimum Gasteiger partial charge on any atom is -0.405 e. The molecule has 3 unspecified atom stereocenters. The number of hydrogen-bond donors (Lipinski definition) is 4. The van der Waals surface area contributed by atoms with E-state index in [0.717, 1.165) is 25.7 Å². The lowest BCUT2D eigenvalue weighted by Crippen LogP contribution is -2.58. The molecule has 1 aromatic carbocycles. The van der Waals surface area contributed by atoms with Crippen LogP contribution in [0.5, 0.6) is 0 Å². The summed E-state index contributed by atoms with van der Waals surface area (Å²) in [5.74, 6) is -1.89. The van der Waals surface area contributed by atoms with E-state index < -0.39 is 41.0 Å². The Kier molecular flexibility index (Phi) is 12.8. The molecule has 5 rings (SSSR count). The van der Waals surface area contributed by atoms with Crippen molar-refractivity contribution in [1.82, 2.24) is 30.2 Å². The second-order valence-corrected chi connectivity index (χ2v) is 14.5. The molecule has 52 heavy (non-hydrogen) atoms. The van der Waals surface area contributed by atoms with Gasteiger partial charge in [-0.05, 0) is 88.0 Å². The SMILES string of the molecule is CCC(C)CCCC(NC(=O)c1ccnn1CC)C(=O)Nc1ccc(C2(C(NC(=O)C(/C=C\N)=NC3CC3)C(=O)N3CCN(C)CC3)CC2)cc1F. The zero-order valence-electron chi connectivity index (χ0n) is 30.9. The van der Waals surface area contributed by atoms with Crippen LogP contribution in [0.4, 0.5) is 10.1 Å². The summed E-state index contributed by atoms with van der Waals surface area (Å²) >= 11 is 0. The van der Waals surface area contributed by atoms with Gasteiger partial charge in [0.05, 0.1) is 11.7 Å². The number of nitrogens with one attached hydrogen (secondary N) is 3. The van der Waals surface area contributed by atoms with E-state index in [1.807, 2.05) is 14.0 Å². The molecule has 2 aromatic rings. The van der Waals surface area contributed by atoms with Gasteiger partial charge >= 0.3 is 0 Å². The third-order valence-corrected chi connectivity index (χ3v) is 10.6. The predicted octanol–water partition coefficient (Wildman–Crippen LogP) is 3.36. The molecule has 1 aromatic heterocycles. The second kappa shape index (κ2) is 17.3. The van der Waals surface area contributed by atoms with Crippen LogP contribution in [0.3, 0.4) is 0 Å². The van der Waals surface area contributed by atoms with Gasteiger partial charge in [-0.15, -0.1) is 0 Å². The van der Waals surface area contributed by atoms with Gasteiger partial charge in [0, 0.05) is 44.3 Å². The van der Waals surface area contributed by atoms with Crippen molar-refractivity contribution in [2.45, 2.75) is 102 Å². The van der Waals surface area contributed by atoms with Gasteiger partial charge in [-0.1, -0.05) is 39.2 Å². The summed E-state index contributed by atoms with van der Waals surface area (Å²) in [6.07, 6.45) is 10.1. The zero-order valence-corrected chi connectivity index (χ0v) is 30.9. The number of halogens is 1. The molecule has 5 N–H and O–H groups in total. The topological polar surface area (TPSA) is 167 Å². The average molecular weight is 720 g/mol. The van der Waals surface area contributed by atoms with Crippen LogP contribution < -0.4 is 21.7 Å². The highest BCUT2D eigenvalue weighted by Crippen LogP contribution is 2.52. The number of aryl methyl sites for hydroxylation is 1. The van der Waals surface area contributed by atoms with Crippen LogP contribution in [0, 0.1) is 11.7 Å². The Morgan fingerprint density at radius 2 is 1.81 bits per heavy atom. The number of carbonyl (C=O) groups is 4. The maximum absolute atomic E-state index is 16.0. The monoisotopic (exact) mass is 719 g/mol. The highest BCUT2D eigenvalue weighted by Gasteiger charge is 2.55. The minimum absolute atomic E-state index is 0.0396. The highest BCUT2D eigenvalue weighted by atomic mass is 19.1. The Morgan fingerprint density at radius 3 is 2.42 bits per heavy atom. The molecule has 14 heteroatoms. The first-order chi connectivity index (χ1) is 25.0. The fourth-order valence-corrected chi connectivity index (χ4v) is 6.70. The van der Waals surface area contributed by atoms with Crippen molar-refractivity contribution >= 4 is 35.0 Å². The molecule has 3 atom stereocenters. The van der Waals surface area contributed by atoms with E-state index in [-0.39, 0.29) is 23.3 Å². The Hall–Kier alpha value is -4.59. The molecule has 2 aliphatic carbocycles. The summed E-state index contributed by atoms with van der Waals surface area (Å²) in [4.78, 5) is 63.0. The molecule has 282 valence electrons. The van der Waals surface area contributed by atoms with E-state index in [9.17, 15) is 19.2 Å². The van der Waals surface area contributed by atoms with E-state index in [1.165, 1.54) is 30.6 Å². The number of nitrogens with two attached hydrogens (primary N) is 1. The zero-order chi connectivity index (χ0) is 37.4. The fourth-order valence-electron chi connectivity index (χ4n) is 6.70. The summed E-state index contributed by atoms with van der Waals surface area (Å²) in [6, 6.07) is 4.33. The average Bonchev–Trinajstić information content (AvgIpc) is 4.08. The van der Waals surface area contributed by atoms with Gasteiger partial charge in [-0.2, -0.15) is 5.10 Å². The molecule has 0 spiro atoms. The van der Waals surface area contributed by atoms with Crippen LogP contribution >= 0.6 is 0 Å². The van der Waals surface area contributed by atoms with Crippen LogP contribution in [-0.2, 0) is 26.3 Å². The summed E-state index contributed by atoms with van der Waals surface area (Å²) in [5, 5.41) is 12.7.